The molecule has 18 heavy (non-hydrogen) atoms. The number of sulfonamides is 1. The van der Waals surface area contributed by atoms with Crippen molar-refractivity contribution in [2.45, 2.75) is 42.8 Å². The molecule has 1 aliphatic carbocycles. The van der Waals surface area contributed by atoms with E-state index in [-0.39, 0.29) is 4.90 Å². The summed E-state index contributed by atoms with van der Waals surface area (Å²) in [6, 6.07) is 7.42. The lowest BCUT2D eigenvalue weighted by atomic mass is 10.2. The van der Waals surface area contributed by atoms with Crippen molar-refractivity contribution in [3.05, 3.63) is 29.8 Å². The van der Waals surface area contributed by atoms with Crippen molar-refractivity contribution in [2.75, 3.05) is 0 Å². The first-order chi connectivity index (χ1) is 8.45. The molecule has 2 unspecified atom stereocenters. The van der Waals surface area contributed by atoms with Crippen LogP contribution in [0.5, 0.6) is 0 Å². The smallest absolute Gasteiger partial charge is 0.238 e. The number of hydrogen-bond donors (Lipinski definition) is 3. The van der Waals surface area contributed by atoms with Crippen molar-refractivity contribution in [3.8, 4) is 0 Å². The van der Waals surface area contributed by atoms with Crippen LogP contribution in [0.3, 0.4) is 0 Å². The largest absolute Gasteiger partial charge is 0.328 e. The zero-order chi connectivity index (χ0) is 13.2. The van der Waals surface area contributed by atoms with Gasteiger partial charge in [-0.2, -0.15) is 0 Å². The van der Waals surface area contributed by atoms with E-state index in [0.717, 1.165) is 24.8 Å². The molecule has 5 nitrogen and oxygen atoms in total. The molecule has 2 rings (SSSR count). The van der Waals surface area contributed by atoms with Crippen LogP contribution in [-0.2, 0) is 16.6 Å². The fourth-order valence-corrected chi connectivity index (χ4v) is 2.88. The Morgan fingerprint density at radius 2 is 2.11 bits per heavy atom. The van der Waals surface area contributed by atoms with Gasteiger partial charge in [0.1, 0.15) is 0 Å². The van der Waals surface area contributed by atoms with Crippen LogP contribution in [0.2, 0.25) is 0 Å². The van der Waals surface area contributed by atoms with Crippen molar-refractivity contribution in [3.63, 3.8) is 0 Å². The standard InChI is InChI=1S/C12H19N3O2S/c13-10-4-5-11(7-10)15-8-9-2-1-3-12(6-9)18(14,16)17/h1-3,6,10-11,15H,4-5,7-8,13H2,(H2,14,16,17). The van der Waals surface area contributed by atoms with Crippen molar-refractivity contribution in [2.24, 2.45) is 10.9 Å². The number of hydrogen-bond acceptors (Lipinski definition) is 4. The van der Waals surface area contributed by atoms with Crippen LogP contribution in [-0.4, -0.2) is 20.5 Å². The predicted molar refractivity (Wildman–Crippen MR) is 70.3 cm³/mol. The van der Waals surface area contributed by atoms with Crippen LogP contribution >= 0.6 is 0 Å². The maximum atomic E-state index is 11.2. The minimum atomic E-state index is -3.62. The van der Waals surface area contributed by atoms with Gasteiger partial charge in [-0.15, -0.1) is 0 Å². The Labute approximate surface area is 108 Å². The van der Waals surface area contributed by atoms with Gasteiger partial charge in [0, 0.05) is 18.6 Å². The third kappa shape index (κ3) is 3.52. The highest BCUT2D eigenvalue weighted by molar-refractivity contribution is 7.89. The van der Waals surface area contributed by atoms with Gasteiger partial charge in [0.2, 0.25) is 10.0 Å². The molecule has 0 aromatic heterocycles. The highest BCUT2D eigenvalue weighted by atomic mass is 32.2. The lowest BCUT2D eigenvalue weighted by Crippen LogP contribution is -2.28. The van der Waals surface area contributed by atoms with Crippen LogP contribution in [0.1, 0.15) is 24.8 Å². The van der Waals surface area contributed by atoms with E-state index >= 15 is 0 Å². The lowest BCUT2D eigenvalue weighted by molar-refractivity contribution is 0.516. The molecule has 1 fully saturated rings. The molecular formula is C12H19N3O2S. The Kier molecular flexibility index (Phi) is 4.01. The topological polar surface area (TPSA) is 98.2 Å². The van der Waals surface area contributed by atoms with Crippen LogP contribution in [0.15, 0.2) is 29.2 Å². The van der Waals surface area contributed by atoms with Crippen LogP contribution in [0.4, 0.5) is 0 Å². The van der Waals surface area contributed by atoms with Gasteiger partial charge < -0.3 is 11.1 Å². The summed E-state index contributed by atoms with van der Waals surface area (Å²) in [6.45, 7) is 0.640. The molecule has 0 bridgehead atoms. The fourth-order valence-electron chi connectivity index (χ4n) is 2.30. The summed E-state index contributed by atoms with van der Waals surface area (Å²) in [5, 5.41) is 8.49. The van der Waals surface area contributed by atoms with E-state index in [2.05, 4.69) is 5.32 Å². The maximum absolute atomic E-state index is 11.2. The zero-order valence-electron chi connectivity index (χ0n) is 10.2. The van der Waals surface area contributed by atoms with Crippen molar-refractivity contribution >= 4 is 10.0 Å². The number of rotatable bonds is 4. The van der Waals surface area contributed by atoms with Gasteiger partial charge in [0.25, 0.3) is 0 Å². The predicted octanol–water partition coefficient (Wildman–Crippen LogP) is 0.303. The summed E-state index contributed by atoms with van der Waals surface area (Å²) < 4.78 is 22.5. The second-order valence-electron chi connectivity index (χ2n) is 4.84. The molecule has 2 atom stereocenters. The minimum Gasteiger partial charge on any atom is -0.328 e. The minimum absolute atomic E-state index is 0.157. The second-order valence-corrected chi connectivity index (χ2v) is 6.40. The average Bonchev–Trinajstić information content (AvgIpc) is 2.72. The molecule has 0 aliphatic heterocycles. The first kappa shape index (κ1) is 13.5. The van der Waals surface area contributed by atoms with Crippen molar-refractivity contribution in [1.29, 1.82) is 0 Å². The van der Waals surface area contributed by atoms with E-state index in [0.29, 0.717) is 18.6 Å². The summed E-state index contributed by atoms with van der Waals surface area (Å²) in [6.07, 6.45) is 3.11. The van der Waals surface area contributed by atoms with Crippen molar-refractivity contribution in [1.82, 2.24) is 5.32 Å². The maximum Gasteiger partial charge on any atom is 0.238 e. The molecule has 0 amide bonds. The van der Waals surface area contributed by atoms with E-state index in [1.54, 1.807) is 12.1 Å². The third-order valence-electron chi connectivity index (χ3n) is 3.30. The number of nitrogens with two attached hydrogens (primary N) is 2. The monoisotopic (exact) mass is 269 g/mol. The third-order valence-corrected chi connectivity index (χ3v) is 4.21. The Morgan fingerprint density at radius 1 is 1.33 bits per heavy atom. The normalized spacial score (nSPS) is 24.3. The van der Waals surface area contributed by atoms with E-state index in [4.69, 9.17) is 10.9 Å². The Balaban J connectivity index is 1.98. The van der Waals surface area contributed by atoms with Crippen LogP contribution < -0.4 is 16.2 Å². The van der Waals surface area contributed by atoms with Gasteiger partial charge in [-0.05, 0) is 37.0 Å². The zero-order valence-corrected chi connectivity index (χ0v) is 11.0. The molecule has 1 aromatic rings. The van der Waals surface area contributed by atoms with Gasteiger partial charge in [0.15, 0.2) is 0 Å². The van der Waals surface area contributed by atoms with E-state index in [1.165, 1.54) is 6.07 Å². The molecule has 0 radical (unpaired) electrons. The molecule has 5 N–H and O–H groups in total. The summed E-state index contributed by atoms with van der Waals surface area (Å²) in [7, 11) is -3.62. The second kappa shape index (κ2) is 5.36. The van der Waals surface area contributed by atoms with Crippen LogP contribution in [0.25, 0.3) is 0 Å². The SMILES string of the molecule is NC1CCC(NCc2cccc(S(N)(=O)=O)c2)C1. The summed E-state index contributed by atoms with van der Waals surface area (Å²) in [5.74, 6) is 0. The first-order valence-electron chi connectivity index (χ1n) is 6.06. The van der Waals surface area contributed by atoms with Gasteiger partial charge in [-0.25, -0.2) is 13.6 Å². The molecule has 1 saturated carbocycles. The Morgan fingerprint density at radius 3 is 2.72 bits per heavy atom. The van der Waals surface area contributed by atoms with Gasteiger partial charge in [-0.3, -0.25) is 0 Å². The number of nitrogens with one attached hydrogen (secondary N) is 1. The molecule has 0 saturated heterocycles. The molecule has 0 spiro atoms. The number of primary sulfonamides is 1. The molecular weight excluding hydrogens is 250 g/mol. The van der Waals surface area contributed by atoms with Gasteiger partial charge in [-0.1, -0.05) is 12.1 Å². The lowest BCUT2D eigenvalue weighted by Gasteiger charge is -2.12. The van der Waals surface area contributed by atoms with Crippen LogP contribution in [0, 0.1) is 0 Å². The van der Waals surface area contributed by atoms with Gasteiger partial charge >= 0.3 is 0 Å². The molecule has 1 aliphatic rings. The van der Waals surface area contributed by atoms with Crippen molar-refractivity contribution < 1.29 is 8.42 Å². The van der Waals surface area contributed by atoms with Gasteiger partial charge in [0.05, 0.1) is 4.90 Å². The average molecular weight is 269 g/mol. The van der Waals surface area contributed by atoms with E-state index in [9.17, 15) is 8.42 Å². The molecule has 0 heterocycles. The van der Waals surface area contributed by atoms with E-state index < -0.39 is 10.0 Å². The summed E-state index contributed by atoms with van der Waals surface area (Å²) >= 11 is 0. The summed E-state index contributed by atoms with van der Waals surface area (Å²) in [5.41, 5.74) is 6.76. The Hall–Kier alpha value is -0.950. The highest BCUT2D eigenvalue weighted by Crippen LogP contribution is 2.18. The first-order valence-corrected chi connectivity index (χ1v) is 7.60. The molecule has 1 aromatic carbocycles. The molecule has 100 valence electrons. The molecule has 6 heteroatoms. The fraction of sp³-hybridized carbons (Fsp3) is 0.500. The Bertz CT molecular complexity index is 516. The number of benzene rings is 1. The van der Waals surface area contributed by atoms with E-state index in [1.807, 2.05) is 6.07 Å². The quantitative estimate of drug-likeness (QED) is 0.732. The highest BCUT2D eigenvalue weighted by Gasteiger charge is 2.20. The summed E-state index contributed by atoms with van der Waals surface area (Å²) in [4.78, 5) is 0.157.